The first kappa shape index (κ1) is 34.3. The molecule has 3 aromatic rings. The topological polar surface area (TPSA) is 114 Å². The molecular weight excluding hydrogens is 556 g/mol. The van der Waals surface area contributed by atoms with Gasteiger partial charge >= 0.3 is 0 Å². The maximum Gasteiger partial charge on any atom is 0.248 e. The van der Waals surface area contributed by atoms with Gasteiger partial charge in [-0.3, -0.25) is 14.4 Å². The van der Waals surface area contributed by atoms with Crippen molar-refractivity contribution in [2.24, 2.45) is 5.73 Å². The van der Waals surface area contributed by atoms with Crippen LogP contribution in [-0.4, -0.2) is 87.6 Å². The number of carbonyl (C=O) groups is 3. The number of hydrogen-bond acceptors (Lipinski definition) is 6. The number of carbonyl (C=O) groups excluding carboxylic acids is 3. The molecule has 9 heteroatoms. The van der Waals surface area contributed by atoms with Crippen molar-refractivity contribution in [1.82, 2.24) is 15.1 Å². The van der Waals surface area contributed by atoms with Crippen LogP contribution in [-0.2, 0) is 32.0 Å². The Morgan fingerprint density at radius 3 is 1.95 bits per heavy atom. The van der Waals surface area contributed by atoms with Crippen molar-refractivity contribution in [3.8, 4) is 16.9 Å². The van der Waals surface area contributed by atoms with Crippen LogP contribution < -0.4 is 15.8 Å². The normalized spacial score (nSPS) is 12.2. The van der Waals surface area contributed by atoms with Crippen molar-refractivity contribution in [1.29, 1.82) is 0 Å². The second-order valence-electron chi connectivity index (χ2n) is 10.8. The summed E-state index contributed by atoms with van der Waals surface area (Å²) in [5.41, 5.74) is 9.47. The van der Waals surface area contributed by atoms with Crippen LogP contribution in [0.4, 0.5) is 0 Å². The number of nitrogens with zero attached hydrogens (tertiary/aromatic N) is 2. The number of methoxy groups -OCH3 is 1. The number of amides is 3. The summed E-state index contributed by atoms with van der Waals surface area (Å²) in [5, 5.41) is 2.69. The number of nitrogens with two attached hydrogens (primary N) is 1. The summed E-state index contributed by atoms with van der Waals surface area (Å²) in [7, 11) is 6.37. The molecule has 9 nitrogen and oxygen atoms in total. The number of nitrogens with one attached hydrogen (secondary N) is 1. The van der Waals surface area contributed by atoms with Crippen LogP contribution in [0, 0.1) is 0 Å². The lowest BCUT2D eigenvalue weighted by Crippen LogP contribution is -2.56. The Bertz CT molecular complexity index is 1320. The van der Waals surface area contributed by atoms with Gasteiger partial charge in [-0.2, -0.15) is 0 Å². The molecule has 0 fully saturated rings. The molecule has 44 heavy (non-hydrogen) atoms. The maximum atomic E-state index is 14.2. The fourth-order valence-electron chi connectivity index (χ4n) is 4.98. The molecular formula is C35H46N4O5. The quantitative estimate of drug-likeness (QED) is 0.228. The minimum Gasteiger partial charge on any atom is -0.497 e. The number of likely N-dealkylation sites (N-methyl/N-ethyl adjacent to an activating group) is 3. The van der Waals surface area contributed by atoms with Gasteiger partial charge in [0.15, 0.2) is 0 Å². The van der Waals surface area contributed by atoms with Gasteiger partial charge in [0, 0.05) is 40.6 Å². The monoisotopic (exact) mass is 602 g/mol. The summed E-state index contributed by atoms with van der Waals surface area (Å²) in [6, 6.07) is 23.8. The highest BCUT2D eigenvalue weighted by atomic mass is 16.5. The fourth-order valence-corrected chi connectivity index (χ4v) is 4.98. The standard InChI is InChI=1S/C35H46N4O5/c1-37-34(41)31(23-27-15-19-30(43-4)20-16-27)39(3)35(42)32(38(2)33(40)25-44-22-10-6-9-21-36)24-26-13-17-29(18-14-26)28-11-7-5-8-12-28/h5,7-8,11-20,31-32H,6,9-10,21-25,36H2,1-4H3,(H,37,41)/t31-,32-/m1/s1. The van der Waals surface area contributed by atoms with E-state index in [1.807, 2.05) is 78.9 Å². The minimum absolute atomic E-state index is 0.135. The molecule has 0 aliphatic rings. The molecule has 0 radical (unpaired) electrons. The van der Waals surface area contributed by atoms with E-state index in [-0.39, 0.29) is 30.7 Å². The lowest BCUT2D eigenvalue weighted by molar-refractivity contribution is -0.149. The van der Waals surface area contributed by atoms with Crippen LogP contribution in [0.25, 0.3) is 11.1 Å². The average molecular weight is 603 g/mol. The maximum absolute atomic E-state index is 14.2. The Kier molecular flexibility index (Phi) is 13.9. The van der Waals surface area contributed by atoms with Crippen LogP contribution in [0.5, 0.6) is 5.75 Å². The summed E-state index contributed by atoms with van der Waals surface area (Å²) in [6.07, 6.45) is 3.23. The van der Waals surface area contributed by atoms with E-state index >= 15 is 0 Å². The summed E-state index contributed by atoms with van der Waals surface area (Å²) < 4.78 is 10.9. The van der Waals surface area contributed by atoms with Gasteiger partial charge in [0.1, 0.15) is 24.4 Å². The van der Waals surface area contributed by atoms with E-state index < -0.39 is 12.1 Å². The Labute approximate surface area is 261 Å². The SMILES string of the molecule is CNC(=O)[C@@H](Cc1ccc(OC)cc1)N(C)C(=O)[C@@H](Cc1ccc(-c2ccccc2)cc1)N(C)C(=O)COCCCCCN. The molecule has 0 bridgehead atoms. The number of benzene rings is 3. The van der Waals surface area contributed by atoms with Gasteiger partial charge in [-0.05, 0) is 60.2 Å². The fraction of sp³-hybridized carbons (Fsp3) is 0.400. The molecule has 0 spiro atoms. The molecule has 0 saturated carbocycles. The van der Waals surface area contributed by atoms with E-state index in [0.29, 0.717) is 25.3 Å². The highest BCUT2D eigenvalue weighted by Gasteiger charge is 2.35. The summed E-state index contributed by atoms with van der Waals surface area (Å²) in [5.74, 6) is -0.228. The van der Waals surface area contributed by atoms with Crippen LogP contribution in [0.15, 0.2) is 78.9 Å². The van der Waals surface area contributed by atoms with E-state index in [2.05, 4.69) is 5.32 Å². The number of ether oxygens (including phenoxy) is 2. The van der Waals surface area contributed by atoms with E-state index in [0.717, 1.165) is 41.5 Å². The van der Waals surface area contributed by atoms with E-state index in [4.69, 9.17) is 15.2 Å². The van der Waals surface area contributed by atoms with Crippen molar-refractivity contribution < 1.29 is 23.9 Å². The van der Waals surface area contributed by atoms with E-state index in [1.165, 1.54) is 9.80 Å². The first-order valence-corrected chi connectivity index (χ1v) is 15.1. The number of unbranched alkanes of at least 4 members (excludes halogenated alkanes) is 2. The Hall–Kier alpha value is -4.21. The van der Waals surface area contributed by atoms with Crippen LogP contribution in [0.3, 0.4) is 0 Å². The molecule has 0 aliphatic carbocycles. The number of hydrogen-bond donors (Lipinski definition) is 2. The molecule has 236 valence electrons. The molecule has 0 aromatic heterocycles. The van der Waals surface area contributed by atoms with Gasteiger partial charge in [-0.25, -0.2) is 0 Å². The van der Waals surface area contributed by atoms with Crippen LogP contribution in [0.2, 0.25) is 0 Å². The Morgan fingerprint density at radius 1 is 0.773 bits per heavy atom. The van der Waals surface area contributed by atoms with E-state index in [1.54, 1.807) is 28.3 Å². The third-order valence-electron chi connectivity index (χ3n) is 7.81. The second-order valence-corrected chi connectivity index (χ2v) is 10.8. The van der Waals surface area contributed by atoms with Crippen molar-refractivity contribution in [3.05, 3.63) is 90.0 Å². The largest absolute Gasteiger partial charge is 0.497 e. The molecule has 2 atom stereocenters. The predicted octanol–water partition coefficient (Wildman–Crippen LogP) is 3.69. The number of rotatable bonds is 17. The minimum atomic E-state index is -0.848. The zero-order valence-electron chi connectivity index (χ0n) is 26.3. The second kappa shape index (κ2) is 17.8. The Balaban J connectivity index is 1.83. The van der Waals surface area contributed by atoms with Gasteiger partial charge in [0.05, 0.1) is 7.11 Å². The van der Waals surface area contributed by atoms with Gasteiger partial charge in [-0.15, -0.1) is 0 Å². The molecule has 3 N–H and O–H groups in total. The van der Waals surface area contributed by atoms with Gasteiger partial charge in [0.2, 0.25) is 17.7 Å². The third kappa shape index (κ3) is 9.92. The highest BCUT2D eigenvalue weighted by molar-refractivity contribution is 5.92. The smallest absolute Gasteiger partial charge is 0.248 e. The van der Waals surface area contributed by atoms with Crippen LogP contribution >= 0.6 is 0 Å². The van der Waals surface area contributed by atoms with Crippen molar-refractivity contribution >= 4 is 17.7 Å². The third-order valence-corrected chi connectivity index (χ3v) is 7.81. The first-order chi connectivity index (χ1) is 21.3. The zero-order chi connectivity index (χ0) is 31.9. The predicted molar refractivity (Wildman–Crippen MR) is 173 cm³/mol. The summed E-state index contributed by atoms with van der Waals surface area (Å²) >= 11 is 0. The molecule has 0 heterocycles. The van der Waals surface area contributed by atoms with Crippen LogP contribution in [0.1, 0.15) is 30.4 Å². The molecule has 0 saturated heterocycles. The zero-order valence-corrected chi connectivity index (χ0v) is 26.3. The average Bonchev–Trinajstić information content (AvgIpc) is 3.07. The molecule has 0 unspecified atom stereocenters. The molecule has 3 amide bonds. The summed E-state index contributed by atoms with van der Waals surface area (Å²) in [4.78, 5) is 43.4. The lowest BCUT2D eigenvalue weighted by Gasteiger charge is -2.34. The van der Waals surface area contributed by atoms with Gasteiger partial charge in [0.25, 0.3) is 0 Å². The lowest BCUT2D eigenvalue weighted by atomic mass is 9.98. The molecule has 3 rings (SSSR count). The highest BCUT2D eigenvalue weighted by Crippen LogP contribution is 2.22. The van der Waals surface area contributed by atoms with E-state index in [9.17, 15) is 14.4 Å². The van der Waals surface area contributed by atoms with Crippen molar-refractivity contribution in [2.45, 2.75) is 44.2 Å². The first-order valence-electron chi connectivity index (χ1n) is 15.1. The Morgan fingerprint density at radius 2 is 1.36 bits per heavy atom. The summed E-state index contributed by atoms with van der Waals surface area (Å²) in [6.45, 7) is 0.935. The molecule has 3 aromatic carbocycles. The van der Waals surface area contributed by atoms with Gasteiger partial charge < -0.3 is 30.3 Å². The van der Waals surface area contributed by atoms with Crippen molar-refractivity contribution in [3.63, 3.8) is 0 Å². The van der Waals surface area contributed by atoms with Gasteiger partial charge in [-0.1, -0.05) is 66.7 Å². The van der Waals surface area contributed by atoms with Crippen molar-refractivity contribution in [2.75, 3.05) is 48.0 Å². The molecule has 0 aliphatic heterocycles.